The Hall–Kier alpha value is -0.580. The summed E-state index contributed by atoms with van der Waals surface area (Å²) in [6.45, 7) is 5.01. The monoisotopic (exact) mass is 476 g/mol. The quantitative estimate of drug-likeness (QED) is 0.388. The molecule has 1 saturated carbocycles. The lowest BCUT2D eigenvalue weighted by molar-refractivity contribution is -0.183. The molecule has 0 aromatic carbocycles. The standard InChI is InChI=1S/C15H23F3N4S.HI/c1-3-19-14(21-9-13-20-8-10(2)23-13)22-12-6-4-5-11(7-12)15(16,17)18;/h8,11-12H,3-7,9H2,1-2H3,(H2,19,21,22);1H. The molecule has 4 nitrogen and oxygen atoms in total. The summed E-state index contributed by atoms with van der Waals surface area (Å²) in [6.07, 6.45) is -0.627. The molecule has 9 heteroatoms. The van der Waals surface area contributed by atoms with E-state index in [1.165, 1.54) is 0 Å². The van der Waals surface area contributed by atoms with Crippen molar-refractivity contribution in [2.24, 2.45) is 10.9 Å². The molecule has 138 valence electrons. The van der Waals surface area contributed by atoms with Crippen molar-refractivity contribution in [3.63, 3.8) is 0 Å². The van der Waals surface area contributed by atoms with Gasteiger partial charge in [-0.25, -0.2) is 9.98 Å². The van der Waals surface area contributed by atoms with E-state index in [0.29, 0.717) is 25.5 Å². The van der Waals surface area contributed by atoms with Gasteiger partial charge in [0.2, 0.25) is 0 Å². The molecule has 1 aromatic rings. The molecular formula is C15H24F3IN4S. The first-order chi connectivity index (χ1) is 10.9. The minimum atomic E-state index is -4.10. The van der Waals surface area contributed by atoms with Gasteiger partial charge >= 0.3 is 6.18 Å². The summed E-state index contributed by atoms with van der Waals surface area (Å²) >= 11 is 1.58. The molecule has 0 aliphatic heterocycles. The molecule has 0 spiro atoms. The molecule has 1 aliphatic carbocycles. The van der Waals surface area contributed by atoms with Crippen LogP contribution >= 0.6 is 35.3 Å². The summed E-state index contributed by atoms with van der Waals surface area (Å²) in [5.41, 5.74) is 0. The van der Waals surface area contributed by atoms with E-state index in [1.54, 1.807) is 17.5 Å². The number of alkyl halides is 3. The van der Waals surface area contributed by atoms with Crippen molar-refractivity contribution in [2.45, 2.75) is 58.3 Å². The van der Waals surface area contributed by atoms with Crippen molar-refractivity contribution < 1.29 is 13.2 Å². The normalized spacial score (nSPS) is 22.0. The third-order valence-corrected chi connectivity index (χ3v) is 4.76. The van der Waals surface area contributed by atoms with E-state index in [9.17, 15) is 13.2 Å². The van der Waals surface area contributed by atoms with Crippen molar-refractivity contribution in [1.82, 2.24) is 15.6 Å². The predicted octanol–water partition coefficient (Wildman–Crippen LogP) is 4.25. The number of nitrogens with zero attached hydrogens (tertiary/aromatic N) is 2. The summed E-state index contributed by atoms with van der Waals surface area (Å²) in [7, 11) is 0. The minimum Gasteiger partial charge on any atom is -0.357 e. The molecule has 1 fully saturated rings. The lowest BCUT2D eigenvalue weighted by atomic mass is 9.85. The van der Waals surface area contributed by atoms with Gasteiger partial charge in [-0.15, -0.1) is 35.3 Å². The van der Waals surface area contributed by atoms with Crippen LogP contribution in [0.25, 0.3) is 0 Å². The number of aryl methyl sites for hydroxylation is 1. The highest BCUT2D eigenvalue weighted by Gasteiger charge is 2.42. The van der Waals surface area contributed by atoms with Crippen LogP contribution in [0.15, 0.2) is 11.2 Å². The van der Waals surface area contributed by atoms with Gasteiger partial charge < -0.3 is 10.6 Å². The minimum absolute atomic E-state index is 0. The fraction of sp³-hybridized carbons (Fsp3) is 0.733. The van der Waals surface area contributed by atoms with E-state index in [2.05, 4.69) is 20.6 Å². The Kier molecular flexibility index (Phi) is 8.75. The van der Waals surface area contributed by atoms with Crippen LogP contribution in [0.5, 0.6) is 0 Å². The highest BCUT2D eigenvalue weighted by molar-refractivity contribution is 14.0. The highest BCUT2D eigenvalue weighted by Crippen LogP contribution is 2.37. The Morgan fingerprint density at radius 2 is 2.17 bits per heavy atom. The largest absolute Gasteiger partial charge is 0.391 e. The lowest BCUT2D eigenvalue weighted by Crippen LogP contribution is -2.46. The van der Waals surface area contributed by atoms with Crippen LogP contribution < -0.4 is 10.6 Å². The van der Waals surface area contributed by atoms with Crippen molar-refractivity contribution in [1.29, 1.82) is 0 Å². The molecule has 1 aliphatic rings. The van der Waals surface area contributed by atoms with Gasteiger partial charge in [0.05, 0.1) is 12.5 Å². The van der Waals surface area contributed by atoms with Crippen molar-refractivity contribution in [3.05, 3.63) is 16.1 Å². The smallest absolute Gasteiger partial charge is 0.357 e. The molecule has 1 heterocycles. The summed E-state index contributed by atoms with van der Waals surface area (Å²) in [5.74, 6) is -0.647. The van der Waals surface area contributed by atoms with Crippen LogP contribution in [0.1, 0.15) is 42.5 Å². The second-order valence-electron chi connectivity index (χ2n) is 5.81. The zero-order valence-corrected chi connectivity index (χ0v) is 17.0. The fourth-order valence-corrected chi connectivity index (χ4v) is 3.46. The molecule has 24 heavy (non-hydrogen) atoms. The zero-order chi connectivity index (χ0) is 16.9. The maximum Gasteiger partial charge on any atom is 0.391 e. The van der Waals surface area contributed by atoms with E-state index in [0.717, 1.165) is 16.3 Å². The topological polar surface area (TPSA) is 49.3 Å². The average Bonchev–Trinajstić information content (AvgIpc) is 2.90. The molecular weight excluding hydrogens is 452 g/mol. The second kappa shape index (κ2) is 9.79. The van der Waals surface area contributed by atoms with Crippen molar-refractivity contribution in [3.8, 4) is 0 Å². The van der Waals surface area contributed by atoms with Gasteiger partial charge in [0.1, 0.15) is 5.01 Å². The number of hydrogen-bond acceptors (Lipinski definition) is 3. The maximum absolute atomic E-state index is 12.9. The average molecular weight is 476 g/mol. The van der Waals surface area contributed by atoms with Gasteiger partial charge in [0.15, 0.2) is 5.96 Å². The van der Waals surface area contributed by atoms with Gasteiger partial charge in [-0.1, -0.05) is 6.42 Å². The molecule has 2 rings (SSSR count). The zero-order valence-electron chi connectivity index (χ0n) is 13.8. The molecule has 2 atom stereocenters. The van der Waals surface area contributed by atoms with E-state index < -0.39 is 12.1 Å². The van der Waals surface area contributed by atoms with Gasteiger partial charge in [-0.2, -0.15) is 13.2 Å². The number of rotatable bonds is 4. The Bertz CT molecular complexity index is 533. The van der Waals surface area contributed by atoms with Crippen LogP contribution in [0, 0.1) is 12.8 Å². The highest BCUT2D eigenvalue weighted by atomic mass is 127. The number of nitrogens with one attached hydrogen (secondary N) is 2. The summed E-state index contributed by atoms with van der Waals surface area (Å²) < 4.78 is 38.7. The number of aromatic nitrogens is 1. The van der Waals surface area contributed by atoms with Crippen LogP contribution in [-0.2, 0) is 6.54 Å². The summed E-state index contributed by atoms with van der Waals surface area (Å²) in [4.78, 5) is 9.80. The van der Waals surface area contributed by atoms with Crippen LogP contribution in [0.3, 0.4) is 0 Å². The Labute approximate surface area is 161 Å². The van der Waals surface area contributed by atoms with Crippen LogP contribution in [0.4, 0.5) is 13.2 Å². The molecule has 1 aromatic heterocycles. The first-order valence-electron chi connectivity index (χ1n) is 7.91. The van der Waals surface area contributed by atoms with Gasteiger partial charge in [-0.05, 0) is 33.1 Å². The van der Waals surface area contributed by atoms with Crippen LogP contribution in [-0.4, -0.2) is 29.7 Å². The lowest BCUT2D eigenvalue weighted by Gasteiger charge is -2.31. The number of guanidine groups is 1. The maximum atomic E-state index is 12.9. The predicted molar refractivity (Wildman–Crippen MR) is 102 cm³/mol. The van der Waals surface area contributed by atoms with E-state index in [-0.39, 0.29) is 42.9 Å². The Morgan fingerprint density at radius 3 is 2.75 bits per heavy atom. The Balaban J connectivity index is 0.00000288. The molecule has 0 bridgehead atoms. The number of aliphatic imine (C=N–C) groups is 1. The van der Waals surface area contributed by atoms with Gasteiger partial charge in [0.25, 0.3) is 0 Å². The third kappa shape index (κ3) is 6.73. The number of thiazole rings is 1. The summed E-state index contributed by atoms with van der Waals surface area (Å²) in [6, 6.07) is -0.189. The van der Waals surface area contributed by atoms with Crippen LogP contribution in [0.2, 0.25) is 0 Å². The SMILES string of the molecule is CCNC(=NCc1ncc(C)s1)NC1CCCC(C(F)(F)F)C1.I. The number of hydrogen-bond donors (Lipinski definition) is 2. The third-order valence-electron chi connectivity index (χ3n) is 3.86. The van der Waals surface area contributed by atoms with Gasteiger partial charge in [0, 0.05) is 23.7 Å². The molecule has 2 unspecified atom stereocenters. The van der Waals surface area contributed by atoms with E-state index in [1.807, 2.05) is 13.8 Å². The molecule has 0 radical (unpaired) electrons. The molecule has 0 saturated heterocycles. The Morgan fingerprint density at radius 1 is 1.42 bits per heavy atom. The second-order valence-corrected chi connectivity index (χ2v) is 7.13. The summed E-state index contributed by atoms with van der Waals surface area (Å²) in [5, 5.41) is 7.15. The van der Waals surface area contributed by atoms with E-state index in [4.69, 9.17) is 0 Å². The number of halogens is 4. The van der Waals surface area contributed by atoms with Crippen molar-refractivity contribution in [2.75, 3.05) is 6.54 Å². The van der Waals surface area contributed by atoms with Crippen molar-refractivity contribution >= 4 is 41.3 Å². The first-order valence-corrected chi connectivity index (χ1v) is 8.73. The molecule has 2 N–H and O–H groups in total. The van der Waals surface area contributed by atoms with E-state index >= 15 is 0 Å². The van der Waals surface area contributed by atoms with Gasteiger partial charge in [-0.3, -0.25) is 0 Å². The molecule has 0 amide bonds. The fourth-order valence-electron chi connectivity index (χ4n) is 2.75. The first kappa shape index (κ1) is 21.5.